The number of rotatable bonds is 6. The van der Waals surface area contributed by atoms with Gasteiger partial charge < -0.3 is 10.1 Å². The van der Waals surface area contributed by atoms with Crippen molar-refractivity contribution in [3.63, 3.8) is 0 Å². The zero-order valence-corrected chi connectivity index (χ0v) is 17.6. The molecule has 0 aliphatic carbocycles. The minimum atomic E-state index is -3.64. The normalized spacial score (nSPS) is 17.7. The molecule has 0 spiro atoms. The van der Waals surface area contributed by atoms with Crippen LogP contribution in [0, 0.1) is 6.92 Å². The summed E-state index contributed by atoms with van der Waals surface area (Å²) < 4.78 is 57.0. The summed E-state index contributed by atoms with van der Waals surface area (Å²) in [5, 5.41) is 2.57. The number of benzene rings is 2. The Hall–Kier alpha value is -2.52. The highest BCUT2D eigenvalue weighted by molar-refractivity contribution is 7.89. The maximum atomic E-state index is 12.9. The Morgan fingerprint density at radius 3 is 2.50 bits per heavy atom. The highest BCUT2D eigenvalue weighted by Crippen LogP contribution is 2.30. The zero-order valence-electron chi connectivity index (χ0n) is 16.8. The minimum absolute atomic E-state index is 0.0685. The molecule has 9 heteroatoms. The van der Waals surface area contributed by atoms with Gasteiger partial charge in [-0.05, 0) is 62.6 Å². The van der Waals surface area contributed by atoms with Crippen LogP contribution in [-0.2, 0) is 10.0 Å². The fourth-order valence-corrected chi connectivity index (χ4v) is 5.22. The smallest absolute Gasteiger partial charge is 0.387 e. The van der Waals surface area contributed by atoms with Gasteiger partial charge in [-0.25, -0.2) is 8.42 Å². The van der Waals surface area contributed by atoms with Crippen LogP contribution in [0.5, 0.6) is 5.75 Å². The van der Waals surface area contributed by atoms with E-state index in [1.807, 2.05) is 6.92 Å². The number of hydrogen-bond donors (Lipinski definition) is 1. The Morgan fingerprint density at radius 1 is 1.17 bits per heavy atom. The number of nitrogens with one attached hydrogen (secondary N) is 1. The largest absolute Gasteiger partial charge is 0.433 e. The lowest BCUT2D eigenvalue weighted by Crippen LogP contribution is -2.41. The van der Waals surface area contributed by atoms with Gasteiger partial charge in [-0.2, -0.15) is 13.1 Å². The molecule has 1 heterocycles. The molecule has 0 bridgehead atoms. The zero-order chi connectivity index (χ0) is 21.9. The molecule has 162 valence electrons. The Kier molecular flexibility index (Phi) is 6.72. The quantitative estimate of drug-likeness (QED) is 0.725. The van der Waals surface area contributed by atoms with Gasteiger partial charge in [-0.3, -0.25) is 4.79 Å². The van der Waals surface area contributed by atoms with Gasteiger partial charge >= 0.3 is 6.61 Å². The molecule has 6 nitrogen and oxygen atoms in total. The summed E-state index contributed by atoms with van der Waals surface area (Å²) in [5.41, 5.74) is 0.897. The van der Waals surface area contributed by atoms with Crippen molar-refractivity contribution in [2.24, 2.45) is 0 Å². The van der Waals surface area contributed by atoms with Crippen molar-refractivity contribution in [2.45, 2.75) is 50.7 Å². The van der Waals surface area contributed by atoms with E-state index in [1.54, 1.807) is 19.1 Å². The summed E-state index contributed by atoms with van der Waals surface area (Å²) in [7, 11) is -3.64. The van der Waals surface area contributed by atoms with Crippen LogP contribution < -0.4 is 10.1 Å². The summed E-state index contributed by atoms with van der Waals surface area (Å²) in [6, 6.07) is 10.1. The molecule has 1 aliphatic heterocycles. The van der Waals surface area contributed by atoms with E-state index in [-0.39, 0.29) is 27.9 Å². The fourth-order valence-electron chi connectivity index (χ4n) is 3.52. The van der Waals surface area contributed by atoms with Gasteiger partial charge in [0, 0.05) is 18.2 Å². The number of carbonyl (C=O) groups excluding carboxylic acids is 1. The van der Waals surface area contributed by atoms with Crippen molar-refractivity contribution in [1.29, 1.82) is 0 Å². The molecule has 1 fully saturated rings. The van der Waals surface area contributed by atoms with E-state index in [1.165, 1.54) is 34.6 Å². The van der Waals surface area contributed by atoms with E-state index < -0.39 is 22.5 Å². The lowest BCUT2D eigenvalue weighted by atomic mass is 10.1. The van der Waals surface area contributed by atoms with Gasteiger partial charge in [0.25, 0.3) is 5.91 Å². The van der Waals surface area contributed by atoms with E-state index in [9.17, 15) is 22.0 Å². The summed E-state index contributed by atoms with van der Waals surface area (Å²) in [6.07, 6.45) is 2.64. The molecule has 1 atom stereocenters. The van der Waals surface area contributed by atoms with Crippen molar-refractivity contribution in [3.05, 3.63) is 53.6 Å². The number of para-hydroxylation sites is 1. The van der Waals surface area contributed by atoms with Crippen LogP contribution in [0.1, 0.15) is 42.1 Å². The van der Waals surface area contributed by atoms with Crippen LogP contribution in [0.15, 0.2) is 47.4 Å². The van der Waals surface area contributed by atoms with Crippen LogP contribution in [0.4, 0.5) is 14.5 Å². The van der Waals surface area contributed by atoms with Crippen molar-refractivity contribution in [2.75, 3.05) is 11.9 Å². The summed E-state index contributed by atoms with van der Waals surface area (Å²) in [6.45, 7) is 0.999. The molecule has 30 heavy (non-hydrogen) atoms. The number of aryl methyl sites for hydroxylation is 1. The van der Waals surface area contributed by atoms with Crippen LogP contribution in [-0.4, -0.2) is 37.8 Å². The first-order valence-corrected chi connectivity index (χ1v) is 11.1. The van der Waals surface area contributed by atoms with Gasteiger partial charge in [0.05, 0.1) is 10.6 Å². The first kappa shape index (κ1) is 22.2. The molecule has 2 aromatic carbocycles. The Morgan fingerprint density at radius 2 is 1.87 bits per heavy atom. The second-order valence-corrected chi connectivity index (χ2v) is 9.16. The van der Waals surface area contributed by atoms with E-state index in [0.29, 0.717) is 12.1 Å². The van der Waals surface area contributed by atoms with Gasteiger partial charge in [0.2, 0.25) is 10.0 Å². The molecule has 1 amide bonds. The van der Waals surface area contributed by atoms with E-state index in [2.05, 4.69) is 10.1 Å². The molecular formula is C21H24F2N2O4S. The molecule has 1 saturated heterocycles. The molecule has 0 radical (unpaired) electrons. The average Bonchev–Trinajstić information content (AvgIpc) is 2.70. The highest BCUT2D eigenvalue weighted by Gasteiger charge is 2.31. The van der Waals surface area contributed by atoms with Crippen molar-refractivity contribution in [1.82, 2.24) is 4.31 Å². The number of halogens is 2. The Balaban J connectivity index is 1.80. The van der Waals surface area contributed by atoms with Crippen molar-refractivity contribution >= 4 is 21.6 Å². The number of alkyl halides is 2. The second-order valence-electron chi connectivity index (χ2n) is 7.27. The van der Waals surface area contributed by atoms with Crippen molar-refractivity contribution in [3.8, 4) is 5.75 Å². The predicted molar refractivity (Wildman–Crippen MR) is 109 cm³/mol. The number of anilines is 1. The number of ether oxygens (including phenoxy) is 1. The fraction of sp³-hybridized carbons (Fsp3) is 0.381. The summed E-state index contributed by atoms with van der Waals surface area (Å²) >= 11 is 0. The van der Waals surface area contributed by atoms with Gasteiger partial charge in [0.1, 0.15) is 5.75 Å². The first-order chi connectivity index (χ1) is 14.2. The van der Waals surface area contributed by atoms with Crippen LogP contribution >= 0.6 is 0 Å². The minimum Gasteiger partial charge on any atom is -0.433 e. The van der Waals surface area contributed by atoms with Crippen LogP contribution in [0.25, 0.3) is 0 Å². The molecule has 1 N–H and O–H groups in total. The number of nitrogens with zero attached hydrogens (tertiary/aromatic N) is 1. The molecule has 3 rings (SSSR count). The third-order valence-corrected chi connectivity index (χ3v) is 7.18. The predicted octanol–water partition coefficient (Wildman–Crippen LogP) is 4.41. The summed E-state index contributed by atoms with van der Waals surface area (Å²) in [5.74, 6) is -0.699. The monoisotopic (exact) mass is 438 g/mol. The maximum absolute atomic E-state index is 12.9. The topological polar surface area (TPSA) is 75.7 Å². The molecule has 0 aromatic heterocycles. The third kappa shape index (κ3) is 4.79. The standard InChI is InChI=1S/C21H24F2N2O4S/c1-14-6-5-8-18(29-21(22)23)19(14)24-20(26)16-9-11-17(12-10-16)30(27,28)25-13-4-3-7-15(25)2/h5-6,8-12,15,21H,3-4,7,13H2,1-2H3,(H,24,26)/t15-/m0/s1. The number of piperidine rings is 1. The first-order valence-electron chi connectivity index (χ1n) is 9.68. The highest BCUT2D eigenvalue weighted by atomic mass is 32.2. The Bertz CT molecular complexity index is 1010. The van der Waals surface area contributed by atoms with Gasteiger partial charge in [0.15, 0.2) is 0 Å². The average molecular weight is 438 g/mol. The second kappa shape index (κ2) is 9.09. The molecule has 0 saturated carbocycles. The van der Waals surface area contributed by atoms with Crippen LogP contribution in [0.2, 0.25) is 0 Å². The third-order valence-electron chi connectivity index (χ3n) is 5.15. The van der Waals surface area contributed by atoms with E-state index in [0.717, 1.165) is 19.3 Å². The summed E-state index contributed by atoms with van der Waals surface area (Å²) in [4.78, 5) is 12.7. The lowest BCUT2D eigenvalue weighted by Gasteiger charge is -2.32. The Labute approximate surface area is 174 Å². The molecular weight excluding hydrogens is 414 g/mol. The van der Waals surface area contributed by atoms with Crippen molar-refractivity contribution < 1.29 is 26.7 Å². The van der Waals surface area contributed by atoms with Gasteiger partial charge in [-0.15, -0.1) is 0 Å². The number of sulfonamides is 1. The van der Waals surface area contributed by atoms with Gasteiger partial charge in [-0.1, -0.05) is 18.6 Å². The lowest BCUT2D eigenvalue weighted by molar-refractivity contribution is -0.0494. The van der Waals surface area contributed by atoms with E-state index >= 15 is 0 Å². The molecule has 1 aliphatic rings. The van der Waals surface area contributed by atoms with Crippen LogP contribution in [0.3, 0.4) is 0 Å². The number of hydrogen-bond acceptors (Lipinski definition) is 4. The van der Waals surface area contributed by atoms with E-state index in [4.69, 9.17) is 0 Å². The maximum Gasteiger partial charge on any atom is 0.387 e. The SMILES string of the molecule is Cc1cccc(OC(F)F)c1NC(=O)c1ccc(S(=O)(=O)N2CCCC[C@@H]2C)cc1. The molecule has 0 unspecified atom stereocenters. The number of amides is 1. The molecule has 2 aromatic rings. The number of carbonyl (C=O) groups is 1.